The molecule has 0 heterocycles. The van der Waals surface area contributed by atoms with Gasteiger partial charge in [0.15, 0.2) is 0 Å². The predicted molar refractivity (Wildman–Crippen MR) is 45.0 cm³/mol. The van der Waals surface area contributed by atoms with Gasteiger partial charge in [-0.25, -0.2) is 0 Å². The first-order chi connectivity index (χ1) is 5.20. The fourth-order valence-electron chi connectivity index (χ4n) is 1.45. The van der Waals surface area contributed by atoms with E-state index in [-0.39, 0.29) is 5.54 Å². The first-order valence-electron chi connectivity index (χ1n) is 4.36. The second-order valence-electron chi connectivity index (χ2n) is 3.62. The Labute approximate surface area is 68.6 Å². The van der Waals surface area contributed by atoms with Crippen molar-refractivity contribution in [1.29, 1.82) is 5.26 Å². The molecule has 0 aliphatic heterocycles. The lowest BCUT2D eigenvalue weighted by Gasteiger charge is -2.21. The number of nitrogens with zero attached hydrogens (tertiary/aromatic N) is 1. The molecule has 1 N–H and O–H groups in total. The van der Waals surface area contributed by atoms with Gasteiger partial charge in [0.1, 0.15) is 5.54 Å². The zero-order chi connectivity index (χ0) is 8.32. The van der Waals surface area contributed by atoms with Gasteiger partial charge in [-0.15, -0.1) is 0 Å². The van der Waals surface area contributed by atoms with E-state index in [0.29, 0.717) is 0 Å². The molecule has 62 valence electrons. The van der Waals surface area contributed by atoms with Crippen molar-refractivity contribution in [3.63, 3.8) is 0 Å². The molecule has 2 heteroatoms. The van der Waals surface area contributed by atoms with Crippen molar-refractivity contribution >= 4 is 0 Å². The summed E-state index contributed by atoms with van der Waals surface area (Å²) < 4.78 is 0. The summed E-state index contributed by atoms with van der Waals surface area (Å²) >= 11 is 0. The zero-order valence-electron chi connectivity index (χ0n) is 7.35. The minimum Gasteiger partial charge on any atom is -0.300 e. The summed E-state index contributed by atoms with van der Waals surface area (Å²) in [5, 5.41) is 12.1. The molecule has 0 amide bonds. The molecular formula is C9H16N2. The van der Waals surface area contributed by atoms with Crippen molar-refractivity contribution in [2.45, 2.75) is 38.6 Å². The van der Waals surface area contributed by atoms with Crippen LogP contribution in [0.1, 0.15) is 33.1 Å². The van der Waals surface area contributed by atoms with Gasteiger partial charge in [0.05, 0.1) is 6.07 Å². The zero-order valence-corrected chi connectivity index (χ0v) is 7.35. The Bertz CT molecular complexity index is 167. The summed E-state index contributed by atoms with van der Waals surface area (Å²) in [6, 6.07) is 2.34. The van der Waals surface area contributed by atoms with Crippen molar-refractivity contribution in [2.75, 3.05) is 6.54 Å². The molecule has 0 aromatic carbocycles. The van der Waals surface area contributed by atoms with Crippen molar-refractivity contribution in [1.82, 2.24) is 5.32 Å². The normalized spacial score (nSPS) is 22.3. The molecule has 1 fully saturated rings. The van der Waals surface area contributed by atoms with E-state index in [1.807, 2.05) is 13.8 Å². The molecule has 1 aliphatic rings. The van der Waals surface area contributed by atoms with E-state index >= 15 is 0 Å². The number of hydrogen-bond acceptors (Lipinski definition) is 2. The molecule has 0 radical (unpaired) electrons. The standard InChI is InChI=1S/C9H16N2/c1-3-11-9(2,7-10)6-8-4-5-8/h8,11H,3-6H2,1-2H3. The number of nitriles is 1. The molecule has 0 spiro atoms. The van der Waals surface area contributed by atoms with Crippen LogP contribution in [0.25, 0.3) is 0 Å². The van der Waals surface area contributed by atoms with Crippen LogP contribution in [0.4, 0.5) is 0 Å². The van der Waals surface area contributed by atoms with Gasteiger partial charge in [-0.3, -0.25) is 5.32 Å². The van der Waals surface area contributed by atoms with Gasteiger partial charge in [-0.05, 0) is 25.8 Å². The fourth-order valence-corrected chi connectivity index (χ4v) is 1.45. The Morgan fingerprint density at radius 2 is 2.27 bits per heavy atom. The molecule has 0 saturated heterocycles. The van der Waals surface area contributed by atoms with Crippen molar-refractivity contribution in [3.05, 3.63) is 0 Å². The number of rotatable bonds is 4. The molecule has 0 bridgehead atoms. The molecule has 0 aromatic rings. The van der Waals surface area contributed by atoms with Gasteiger partial charge in [0.2, 0.25) is 0 Å². The van der Waals surface area contributed by atoms with Crippen LogP contribution >= 0.6 is 0 Å². The van der Waals surface area contributed by atoms with E-state index in [9.17, 15) is 0 Å². The average molecular weight is 152 g/mol. The topological polar surface area (TPSA) is 35.8 Å². The Morgan fingerprint density at radius 1 is 1.64 bits per heavy atom. The fraction of sp³-hybridized carbons (Fsp3) is 0.889. The van der Waals surface area contributed by atoms with E-state index in [1.54, 1.807) is 0 Å². The van der Waals surface area contributed by atoms with Crippen molar-refractivity contribution in [2.24, 2.45) is 5.92 Å². The highest BCUT2D eigenvalue weighted by Crippen LogP contribution is 2.36. The quantitative estimate of drug-likeness (QED) is 0.665. The maximum absolute atomic E-state index is 8.88. The number of nitrogens with one attached hydrogen (secondary N) is 1. The molecule has 1 unspecified atom stereocenters. The average Bonchev–Trinajstić information content (AvgIpc) is 2.73. The lowest BCUT2D eigenvalue weighted by atomic mass is 9.97. The van der Waals surface area contributed by atoms with Gasteiger partial charge in [0, 0.05) is 0 Å². The Morgan fingerprint density at radius 3 is 2.64 bits per heavy atom. The molecule has 1 saturated carbocycles. The second kappa shape index (κ2) is 3.23. The molecule has 1 atom stereocenters. The SMILES string of the molecule is CCNC(C)(C#N)CC1CC1. The predicted octanol–water partition coefficient (Wildman–Crippen LogP) is 1.68. The summed E-state index contributed by atoms with van der Waals surface area (Å²) in [5.41, 5.74) is -0.268. The lowest BCUT2D eigenvalue weighted by Crippen LogP contribution is -2.41. The third-order valence-electron chi connectivity index (χ3n) is 2.21. The molecule has 11 heavy (non-hydrogen) atoms. The Kier molecular flexibility index (Phi) is 2.51. The third kappa shape index (κ3) is 2.51. The maximum atomic E-state index is 8.88. The molecular weight excluding hydrogens is 136 g/mol. The van der Waals surface area contributed by atoms with Gasteiger partial charge < -0.3 is 0 Å². The third-order valence-corrected chi connectivity index (χ3v) is 2.21. The van der Waals surface area contributed by atoms with Crippen LogP contribution in [0, 0.1) is 17.2 Å². The molecule has 0 aromatic heterocycles. The minimum absolute atomic E-state index is 0.268. The van der Waals surface area contributed by atoms with Crippen LogP contribution in [-0.4, -0.2) is 12.1 Å². The van der Waals surface area contributed by atoms with E-state index in [1.165, 1.54) is 12.8 Å². The van der Waals surface area contributed by atoms with Crippen LogP contribution in [0.3, 0.4) is 0 Å². The first kappa shape index (κ1) is 8.55. The maximum Gasteiger partial charge on any atom is 0.104 e. The highest BCUT2D eigenvalue weighted by atomic mass is 15.0. The van der Waals surface area contributed by atoms with Gasteiger partial charge >= 0.3 is 0 Å². The van der Waals surface area contributed by atoms with Crippen LogP contribution in [0.5, 0.6) is 0 Å². The van der Waals surface area contributed by atoms with E-state index in [4.69, 9.17) is 5.26 Å². The van der Waals surface area contributed by atoms with Crippen LogP contribution in [0.15, 0.2) is 0 Å². The van der Waals surface area contributed by atoms with E-state index < -0.39 is 0 Å². The summed E-state index contributed by atoms with van der Waals surface area (Å²) in [4.78, 5) is 0. The second-order valence-corrected chi connectivity index (χ2v) is 3.62. The van der Waals surface area contributed by atoms with Crippen LogP contribution < -0.4 is 5.32 Å². The monoisotopic (exact) mass is 152 g/mol. The lowest BCUT2D eigenvalue weighted by molar-refractivity contribution is 0.407. The van der Waals surface area contributed by atoms with Gasteiger partial charge in [-0.2, -0.15) is 5.26 Å². The van der Waals surface area contributed by atoms with E-state index in [2.05, 4.69) is 11.4 Å². The largest absolute Gasteiger partial charge is 0.300 e. The van der Waals surface area contributed by atoms with Crippen molar-refractivity contribution in [3.8, 4) is 6.07 Å². The highest BCUT2D eigenvalue weighted by molar-refractivity contribution is 5.05. The minimum atomic E-state index is -0.268. The highest BCUT2D eigenvalue weighted by Gasteiger charge is 2.32. The van der Waals surface area contributed by atoms with Gasteiger partial charge in [0.25, 0.3) is 0 Å². The summed E-state index contributed by atoms with van der Waals surface area (Å²) in [6.07, 6.45) is 3.67. The molecule has 2 nitrogen and oxygen atoms in total. The van der Waals surface area contributed by atoms with Crippen LogP contribution in [0.2, 0.25) is 0 Å². The smallest absolute Gasteiger partial charge is 0.104 e. The molecule has 1 rings (SSSR count). The Balaban J connectivity index is 2.37. The van der Waals surface area contributed by atoms with Crippen LogP contribution in [-0.2, 0) is 0 Å². The van der Waals surface area contributed by atoms with Gasteiger partial charge in [-0.1, -0.05) is 19.8 Å². The summed E-state index contributed by atoms with van der Waals surface area (Å²) in [7, 11) is 0. The summed E-state index contributed by atoms with van der Waals surface area (Å²) in [5.74, 6) is 0.818. The van der Waals surface area contributed by atoms with E-state index in [0.717, 1.165) is 18.9 Å². The Hall–Kier alpha value is -0.550. The summed E-state index contributed by atoms with van der Waals surface area (Å²) in [6.45, 7) is 4.92. The molecule has 1 aliphatic carbocycles. The first-order valence-corrected chi connectivity index (χ1v) is 4.36. The number of hydrogen-bond donors (Lipinski definition) is 1. The van der Waals surface area contributed by atoms with Crippen molar-refractivity contribution < 1.29 is 0 Å².